The summed E-state index contributed by atoms with van der Waals surface area (Å²) < 4.78 is 28.7. The standard InChI is InChI=1S/C22H30N4O3S/c1-24-17-20(30(28,29)26-11-5-6-12-26)15-21(24)22(27)23-19-9-13-25(14-10-19)16-18-7-3-2-4-8-18/h2-4,7-8,15,17,19H,5-6,9-14,16H2,1H3,(H,23,27). The monoisotopic (exact) mass is 430 g/mol. The van der Waals surface area contributed by atoms with E-state index < -0.39 is 10.0 Å². The van der Waals surface area contributed by atoms with Gasteiger partial charge < -0.3 is 9.88 Å². The molecule has 162 valence electrons. The molecule has 1 N–H and O–H groups in total. The van der Waals surface area contributed by atoms with Crippen LogP contribution >= 0.6 is 0 Å². The van der Waals surface area contributed by atoms with Gasteiger partial charge in [-0.3, -0.25) is 9.69 Å². The fraction of sp³-hybridized carbons (Fsp3) is 0.500. The second kappa shape index (κ2) is 8.91. The Hall–Kier alpha value is -2.16. The molecule has 2 saturated heterocycles. The lowest BCUT2D eigenvalue weighted by Crippen LogP contribution is -2.44. The molecule has 7 nitrogen and oxygen atoms in total. The van der Waals surface area contributed by atoms with E-state index in [9.17, 15) is 13.2 Å². The van der Waals surface area contributed by atoms with Crippen LogP contribution in [0.15, 0.2) is 47.5 Å². The number of carbonyl (C=O) groups is 1. The zero-order valence-electron chi connectivity index (χ0n) is 17.5. The summed E-state index contributed by atoms with van der Waals surface area (Å²) in [5, 5.41) is 3.10. The van der Waals surface area contributed by atoms with Crippen LogP contribution in [0, 0.1) is 0 Å². The molecule has 8 heteroatoms. The fourth-order valence-corrected chi connectivity index (χ4v) is 5.90. The third kappa shape index (κ3) is 4.61. The van der Waals surface area contributed by atoms with Gasteiger partial charge in [0, 0.05) is 52.0 Å². The number of nitrogens with one attached hydrogen (secondary N) is 1. The van der Waals surface area contributed by atoms with E-state index in [1.165, 1.54) is 15.9 Å². The lowest BCUT2D eigenvalue weighted by molar-refractivity contribution is 0.0900. The van der Waals surface area contributed by atoms with Crippen molar-refractivity contribution in [3.05, 3.63) is 53.9 Å². The van der Waals surface area contributed by atoms with Crippen LogP contribution < -0.4 is 5.32 Å². The number of amides is 1. The number of aromatic nitrogens is 1. The summed E-state index contributed by atoms with van der Waals surface area (Å²) in [4.78, 5) is 15.4. The Balaban J connectivity index is 1.34. The van der Waals surface area contributed by atoms with Crippen molar-refractivity contribution in [1.29, 1.82) is 0 Å². The van der Waals surface area contributed by atoms with Crippen molar-refractivity contribution < 1.29 is 13.2 Å². The highest BCUT2D eigenvalue weighted by Crippen LogP contribution is 2.23. The predicted molar refractivity (Wildman–Crippen MR) is 116 cm³/mol. The number of aryl methyl sites for hydroxylation is 1. The van der Waals surface area contributed by atoms with Gasteiger partial charge in [0.1, 0.15) is 10.6 Å². The first kappa shape index (κ1) is 21.1. The van der Waals surface area contributed by atoms with Crippen LogP contribution in [0.25, 0.3) is 0 Å². The molecule has 4 rings (SSSR count). The number of benzene rings is 1. The second-order valence-electron chi connectivity index (χ2n) is 8.29. The molecule has 2 aliphatic rings. The van der Waals surface area contributed by atoms with Crippen LogP contribution in [0.5, 0.6) is 0 Å². The van der Waals surface area contributed by atoms with E-state index in [0.29, 0.717) is 18.8 Å². The zero-order chi connectivity index (χ0) is 21.1. The number of hydrogen-bond donors (Lipinski definition) is 1. The van der Waals surface area contributed by atoms with Gasteiger partial charge in [-0.2, -0.15) is 4.31 Å². The van der Waals surface area contributed by atoms with Gasteiger partial charge in [-0.05, 0) is 37.3 Å². The molecule has 1 amide bonds. The molecule has 2 aliphatic heterocycles. The summed E-state index contributed by atoms with van der Waals surface area (Å²) in [5.41, 5.74) is 1.69. The van der Waals surface area contributed by atoms with Crippen LogP contribution in [0.2, 0.25) is 0 Å². The van der Waals surface area contributed by atoms with Crippen LogP contribution in [-0.4, -0.2) is 60.3 Å². The van der Waals surface area contributed by atoms with Crippen LogP contribution in [0.4, 0.5) is 0 Å². The minimum Gasteiger partial charge on any atom is -0.348 e. The molecule has 2 fully saturated rings. The SMILES string of the molecule is Cn1cc(S(=O)(=O)N2CCCC2)cc1C(=O)NC1CCN(Cc2ccccc2)CC1. The molecule has 1 aromatic heterocycles. The molecular weight excluding hydrogens is 400 g/mol. The summed E-state index contributed by atoms with van der Waals surface area (Å²) in [6.07, 6.45) is 5.11. The molecule has 0 unspecified atom stereocenters. The van der Waals surface area contributed by atoms with E-state index in [1.54, 1.807) is 17.8 Å². The average molecular weight is 431 g/mol. The lowest BCUT2D eigenvalue weighted by atomic mass is 10.0. The lowest BCUT2D eigenvalue weighted by Gasteiger charge is -2.32. The maximum atomic E-state index is 12.8. The fourth-order valence-electron chi connectivity index (χ4n) is 4.31. The number of piperidine rings is 1. The van der Waals surface area contributed by atoms with Gasteiger partial charge in [0.15, 0.2) is 0 Å². The molecule has 2 aromatic rings. The summed E-state index contributed by atoms with van der Waals surface area (Å²) >= 11 is 0. The number of carbonyl (C=O) groups excluding carboxylic acids is 1. The number of nitrogens with zero attached hydrogens (tertiary/aromatic N) is 3. The normalized spacial score (nSPS) is 19.2. The first-order valence-electron chi connectivity index (χ1n) is 10.7. The van der Waals surface area contributed by atoms with Crippen molar-refractivity contribution in [2.75, 3.05) is 26.2 Å². The van der Waals surface area contributed by atoms with Crippen molar-refractivity contribution in [3.63, 3.8) is 0 Å². The Morgan fingerprint density at radius 3 is 2.40 bits per heavy atom. The largest absolute Gasteiger partial charge is 0.348 e. The minimum atomic E-state index is -3.52. The van der Waals surface area contributed by atoms with E-state index in [0.717, 1.165) is 45.3 Å². The Bertz CT molecular complexity index is 973. The van der Waals surface area contributed by atoms with Gasteiger partial charge in [-0.25, -0.2) is 8.42 Å². The van der Waals surface area contributed by atoms with E-state index in [1.807, 2.05) is 6.07 Å². The Morgan fingerprint density at radius 1 is 1.07 bits per heavy atom. The summed E-state index contributed by atoms with van der Waals surface area (Å²) in [6.45, 7) is 3.90. The van der Waals surface area contributed by atoms with Crippen molar-refractivity contribution in [1.82, 2.24) is 19.1 Å². The third-order valence-corrected chi connectivity index (χ3v) is 7.95. The molecule has 1 aromatic carbocycles. The maximum absolute atomic E-state index is 12.8. The summed E-state index contributed by atoms with van der Waals surface area (Å²) in [7, 11) is -1.80. The highest BCUT2D eigenvalue weighted by Gasteiger charge is 2.30. The molecular formula is C22H30N4O3S. The van der Waals surface area contributed by atoms with Gasteiger partial charge in [-0.15, -0.1) is 0 Å². The van der Waals surface area contributed by atoms with Gasteiger partial charge in [0.2, 0.25) is 10.0 Å². The highest BCUT2D eigenvalue weighted by atomic mass is 32.2. The number of hydrogen-bond acceptors (Lipinski definition) is 4. The molecule has 0 radical (unpaired) electrons. The first-order valence-corrected chi connectivity index (χ1v) is 12.1. The number of sulfonamides is 1. The predicted octanol–water partition coefficient (Wildman–Crippen LogP) is 2.20. The van der Waals surface area contributed by atoms with E-state index in [-0.39, 0.29) is 16.8 Å². The van der Waals surface area contributed by atoms with E-state index in [2.05, 4.69) is 34.5 Å². The molecule has 3 heterocycles. The second-order valence-corrected chi connectivity index (χ2v) is 10.2. The quantitative estimate of drug-likeness (QED) is 0.763. The smallest absolute Gasteiger partial charge is 0.268 e. The molecule has 0 atom stereocenters. The molecule has 0 aliphatic carbocycles. The van der Waals surface area contributed by atoms with Crippen molar-refractivity contribution in [3.8, 4) is 0 Å². The summed E-state index contributed by atoms with van der Waals surface area (Å²) in [5.74, 6) is -0.207. The zero-order valence-corrected chi connectivity index (χ0v) is 18.3. The minimum absolute atomic E-state index is 0.109. The van der Waals surface area contributed by atoms with Crippen LogP contribution in [0.3, 0.4) is 0 Å². The van der Waals surface area contributed by atoms with Crippen LogP contribution in [0.1, 0.15) is 41.7 Å². The van der Waals surface area contributed by atoms with Crippen molar-refractivity contribution >= 4 is 15.9 Å². The topological polar surface area (TPSA) is 74.6 Å². The number of likely N-dealkylation sites (tertiary alicyclic amines) is 1. The van der Waals surface area contributed by atoms with E-state index in [4.69, 9.17) is 0 Å². The molecule has 0 spiro atoms. The first-order chi connectivity index (χ1) is 14.4. The van der Waals surface area contributed by atoms with Gasteiger partial charge >= 0.3 is 0 Å². The van der Waals surface area contributed by atoms with Gasteiger partial charge in [-0.1, -0.05) is 30.3 Å². The van der Waals surface area contributed by atoms with Crippen LogP contribution in [-0.2, 0) is 23.6 Å². The molecule has 0 saturated carbocycles. The molecule has 0 bridgehead atoms. The van der Waals surface area contributed by atoms with Crippen molar-refractivity contribution in [2.45, 2.75) is 43.2 Å². The Kier molecular flexibility index (Phi) is 6.26. The Morgan fingerprint density at radius 2 is 1.73 bits per heavy atom. The third-order valence-electron chi connectivity index (χ3n) is 6.09. The average Bonchev–Trinajstić information content (AvgIpc) is 3.41. The Labute approximate surface area is 178 Å². The highest BCUT2D eigenvalue weighted by molar-refractivity contribution is 7.89. The van der Waals surface area contributed by atoms with Crippen molar-refractivity contribution in [2.24, 2.45) is 7.05 Å². The van der Waals surface area contributed by atoms with Gasteiger partial charge in [0.25, 0.3) is 5.91 Å². The van der Waals surface area contributed by atoms with E-state index >= 15 is 0 Å². The number of rotatable bonds is 6. The summed E-state index contributed by atoms with van der Waals surface area (Å²) in [6, 6.07) is 12.0. The molecule has 30 heavy (non-hydrogen) atoms. The maximum Gasteiger partial charge on any atom is 0.268 e. The van der Waals surface area contributed by atoms with Gasteiger partial charge in [0.05, 0.1) is 0 Å².